The van der Waals surface area contributed by atoms with Gasteiger partial charge in [-0.05, 0) is 66.4 Å². The normalized spacial score (nSPS) is 13.4. The van der Waals surface area contributed by atoms with Gasteiger partial charge < -0.3 is 9.88 Å². The summed E-state index contributed by atoms with van der Waals surface area (Å²) in [6.45, 7) is 0. The minimum atomic E-state index is 1.07. The average Bonchev–Trinajstić information content (AvgIpc) is 3.19. The van der Waals surface area contributed by atoms with Crippen molar-refractivity contribution in [2.75, 3.05) is 5.32 Å². The maximum absolute atomic E-state index is 3.59. The summed E-state index contributed by atoms with van der Waals surface area (Å²) in [7, 11) is 0. The van der Waals surface area contributed by atoms with Crippen molar-refractivity contribution < 1.29 is 0 Å². The van der Waals surface area contributed by atoms with Gasteiger partial charge in [0.2, 0.25) is 0 Å². The van der Waals surface area contributed by atoms with Gasteiger partial charge in [-0.3, -0.25) is 0 Å². The number of allylic oxidation sites excluding steroid dienone is 4. The zero-order chi connectivity index (χ0) is 21.3. The van der Waals surface area contributed by atoms with E-state index in [-0.39, 0.29) is 0 Å². The highest BCUT2D eigenvalue weighted by Crippen LogP contribution is 2.36. The van der Waals surface area contributed by atoms with E-state index in [1.54, 1.807) is 0 Å². The molecule has 0 radical (unpaired) electrons. The van der Waals surface area contributed by atoms with Crippen LogP contribution in [0.2, 0.25) is 0 Å². The van der Waals surface area contributed by atoms with Gasteiger partial charge in [-0.2, -0.15) is 0 Å². The Morgan fingerprint density at radius 2 is 1.34 bits per heavy atom. The van der Waals surface area contributed by atoms with E-state index in [1.165, 1.54) is 38.6 Å². The lowest BCUT2D eigenvalue weighted by molar-refractivity contribution is 0.979. The minimum absolute atomic E-state index is 1.07. The third kappa shape index (κ3) is 3.30. The Bertz CT molecular complexity index is 1470. The monoisotopic (exact) mass is 412 g/mol. The number of benzene rings is 4. The fraction of sp³-hybridized carbons (Fsp3) is 0.0667. The summed E-state index contributed by atoms with van der Waals surface area (Å²) in [5.74, 6) is 0. The fourth-order valence-electron chi connectivity index (χ4n) is 4.68. The van der Waals surface area contributed by atoms with Crippen LogP contribution in [-0.2, 0) is 0 Å². The molecule has 0 saturated heterocycles. The van der Waals surface area contributed by atoms with E-state index < -0.39 is 0 Å². The smallest absolute Gasteiger partial charge is 0.0539 e. The van der Waals surface area contributed by atoms with Crippen LogP contribution in [0.1, 0.15) is 12.8 Å². The summed E-state index contributed by atoms with van der Waals surface area (Å²) in [5, 5.41) is 6.17. The number of nitrogens with one attached hydrogen (secondary N) is 1. The van der Waals surface area contributed by atoms with Crippen molar-refractivity contribution in [3.05, 3.63) is 115 Å². The van der Waals surface area contributed by atoms with E-state index in [4.69, 9.17) is 0 Å². The summed E-state index contributed by atoms with van der Waals surface area (Å²) < 4.78 is 2.42. The van der Waals surface area contributed by atoms with E-state index in [0.717, 1.165) is 24.2 Å². The molecule has 2 nitrogen and oxygen atoms in total. The van der Waals surface area contributed by atoms with Gasteiger partial charge in [-0.25, -0.2) is 0 Å². The lowest BCUT2D eigenvalue weighted by atomic mass is 10.1. The standard InChI is InChI=1S/C30H24N2/c1-3-9-22(10-4-1)23-15-17-24(18-16-23)31-25-19-20-30-28(21-25)27-13-7-8-14-29(27)32(30)26-11-5-2-6-12-26/h1-5,7-11,13-21,31H,6,12H2. The second kappa shape index (κ2) is 7.90. The molecule has 0 atom stereocenters. The number of hydrogen-bond acceptors (Lipinski definition) is 1. The van der Waals surface area contributed by atoms with Gasteiger partial charge in [0.25, 0.3) is 0 Å². The van der Waals surface area contributed by atoms with Crippen LogP contribution in [-0.4, -0.2) is 4.57 Å². The number of hydrogen-bond donors (Lipinski definition) is 1. The Balaban J connectivity index is 1.38. The van der Waals surface area contributed by atoms with Crippen molar-refractivity contribution in [2.24, 2.45) is 0 Å². The number of nitrogens with zero attached hydrogens (tertiary/aromatic N) is 1. The number of aromatic nitrogens is 1. The van der Waals surface area contributed by atoms with Gasteiger partial charge in [0.05, 0.1) is 11.0 Å². The van der Waals surface area contributed by atoms with Crippen LogP contribution < -0.4 is 5.32 Å². The fourth-order valence-corrected chi connectivity index (χ4v) is 4.68. The molecule has 1 aliphatic rings. The first kappa shape index (κ1) is 18.7. The molecule has 0 amide bonds. The summed E-state index contributed by atoms with van der Waals surface area (Å²) in [5.41, 5.74) is 8.55. The molecule has 0 fully saturated rings. The van der Waals surface area contributed by atoms with Crippen LogP contribution in [0.25, 0.3) is 38.6 Å². The first-order valence-corrected chi connectivity index (χ1v) is 11.2. The maximum Gasteiger partial charge on any atom is 0.0539 e. The molecular formula is C30H24N2. The molecule has 0 spiro atoms. The lowest BCUT2D eigenvalue weighted by Gasteiger charge is -2.14. The topological polar surface area (TPSA) is 17.0 Å². The Morgan fingerprint density at radius 1 is 0.625 bits per heavy atom. The minimum Gasteiger partial charge on any atom is -0.356 e. The molecule has 2 heteroatoms. The van der Waals surface area contributed by atoms with Crippen LogP contribution in [0.15, 0.2) is 115 Å². The first-order valence-electron chi connectivity index (χ1n) is 11.2. The van der Waals surface area contributed by atoms with Crippen LogP contribution in [0.5, 0.6) is 0 Å². The van der Waals surface area contributed by atoms with Crippen molar-refractivity contribution in [3.63, 3.8) is 0 Å². The molecule has 0 unspecified atom stereocenters. The summed E-state index contributed by atoms with van der Waals surface area (Å²) in [6, 6.07) is 34.5. The molecule has 154 valence electrons. The molecule has 6 rings (SSSR count). The zero-order valence-corrected chi connectivity index (χ0v) is 17.8. The maximum atomic E-state index is 3.59. The molecule has 1 heterocycles. The first-order chi connectivity index (χ1) is 15.9. The molecule has 0 bridgehead atoms. The quantitative estimate of drug-likeness (QED) is 0.313. The van der Waals surface area contributed by atoms with E-state index in [1.807, 2.05) is 6.07 Å². The molecule has 32 heavy (non-hydrogen) atoms. The van der Waals surface area contributed by atoms with E-state index >= 15 is 0 Å². The van der Waals surface area contributed by atoms with Gasteiger partial charge >= 0.3 is 0 Å². The van der Waals surface area contributed by atoms with Gasteiger partial charge in [-0.1, -0.05) is 72.8 Å². The largest absolute Gasteiger partial charge is 0.356 e. The molecule has 1 aromatic heterocycles. The highest BCUT2D eigenvalue weighted by atomic mass is 15.0. The molecule has 0 saturated carbocycles. The highest BCUT2D eigenvalue weighted by molar-refractivity contribution is 6.11. The third-order valence-electron chi connectivity index (χ3n) is 6.23. The molecule has 5 aromatic rings. The lowest BCUT2D eigenvalue weighted by Crippen LogP contribution is -1.98. The number of anilines is 2. The van der Waals surface area contributed by atoms with Crippen molar-refractivity contribution in [3.8, 4) is 11.1 Å². The number of para-hydroxylation sites is 1. The summed E-state index contributed by atoms with van der Waals surface area (Å²) >= 11 is 0. The predicted molar refractivity (Wildman–Crippen MR) is 137 cm³/mol. The van der Waals surface area contributed by atoms with Gasteiger partial charge in [0.15, 0.2) is 0 Å². The van der Waals surface area contributed by atoms with Crippen LogP contribution in [0.4, 0.5) is 11.4 Å². The Labute approximate surface area is 188 Å². The average molecular weight is 413 g/mol. The predicted octanol–water partition coefficient (Wildman–Crippen LogP) is 8.40. The molecule has 1 N–H and O–H groups in total. The zero-order valence-electron chi connectivity index (χ0n) is 17.8. The van der Waals surface area contributed by atoms with Crippen LogP contribution in [0, 0.1) is 0 Å². The molecule has 1 aliphatic carbocycles. The van der Waals surface area contributed by atoms with Crippen LogP contribution >= 0.6 is 0 Å². The second-order valence-corrected chi connectivity index (χ2v) is 8.28. The van der Waals surface area contributed by atoms with Gasteiger partial charge in [-0.15, -0.1) is 0 Å². The Kier molecular flexibility index (Phi) is 4.62. The van der Waals surface area contributed by atoms with Crippen molar-refractivity contribution in [1.82, 2.24) is 4.57 Å². The summed E-state index contributed by atoms with van der Waals surface area (Å²) in [6.07, 6.45) is 8.82. The molecule has 0 aliphatic heterocycles. The van der Waals surface area contributed by atoms with Gasteiger partial charge in [0, 0.05) is 27.8 Å². The van der Waals surface area contributed by atoms with Crippen molar-refractivity contribution in [1.29, 1.82) is 0 Å². The summed E-state index contributed by atoms with van der Waals surface area (Å²) in [4.78, 5) is 0. The van der Waals surface area contributed by atoms with Crippen LogP contribution in [0.3, 0.4) is 0 Å². The third-order valence-corrected chi connectivity index (χ3v) is 6.23. The van der Waals surface area contributed by atoms with Crippen molar-refractivity contribution >= 4 is 38.9 Å². The van der Waals surface area contributed by atoms with E-state index in [2.05, 4.69) is 119 Å². The second-order valence-electron chi connectivity index (χ2n) is 8.28. The van der Waals surface area contributed by atoms with Crippen molar-refractivity contribution in [2.45, 2.75) is 12.8 Å². The molecular weight excluding hydrogens is 388 g/mol. The number of rotatable bonds is 4. The number of fused-ring (bicyclic) bond motifs is 3. The SMILES string of the molecule is C1=CCCC(n2c3ccccc3c3cc(Nc4ccc(-c5ccccc5)cc4)ccc32)=C1. The van der Waals surface area contributed by atoms with Gasteiger partial charge in [0.1, 0.15) is 0 Å². The molecule has 4 aromatic carbocycles. The highest BCUT2D eigenvalue weighted by Gasteiger charge is 2.14. The van der Waals surface area contributed by atoms with E-state index in [0.29, 0.717) is 0 Å². The Hall–Kier alpha value is -4.04. The van der Waals surface area contributed by atoms with E-state index in [9.17, 15) is 0 Å². The Morgan fingerprint density at radius 3 is 2.16 bits per heavy atom.